The number of benzene rings is 1. The summed E-state index contributed by atoms with van der Waals surface area (Å²) >= 11 is 0. The van der Waals surface area contributed by atoms with E-state index in [-0.39, 0.29) is 17.4 Å². The summed E-state index contributed by atoms with van der Waals surface area (Å²) < 4.78 is 5.52. The Hall–Kier alpha value is -2.22. The lowest BCUT2D eigenvalue weighted by Crippen LogP contribution is -2.46. The van der Waals surface area contributed by atoms with Gasteiger partial charge >= 0.3 is 0 Å². The summed E-state index contributed by atoms with van der Waals surface area (Å²) in [7, 11) is 3.50. The lowest BCUT2D eigenvalue weighted by Gasteiger charge is -2.21. The van der Waals surface area contributed by atoms with Crippen LogP contribution in [-0.4, -0.2) is 32.2 Å². The van der Waals surface area contributed by atoms with E-state index in [9.17, 15) is 5.26 Å². The van der Waals surface area contributed by atoms with Gasteiger partial charge in [0.25, 0.3) is 0 Å². The number of aliphatic imine (C=N–C) groups is 1. The molecule has 2 saturated carbocycles. The van der Waals surface area contributed by atoms with Crippen LogP contribution in [0.3, 0.4) is 0 Å². The molecule has 4 atom stereocenters. The summed E-state index contributed by atoms with van der Waals surface area (Å²) in [4.78, 5) is 4.36. The SMILES string of the molecule is CN=C(NC1CCCC1C#N)NC1CC1(C)c1ccccc1OC. The Kier molecular flexibility index (Phi) is 4.66. The molecule has 24 heavy (non-hydrogen) atoms. The number of rotatable bonds is 4. The van der Waals surface area contributed by atoms with Gasteiger partial charge in [-0.3, -0.25) is 4.99 Å². The minimum Gasteiger partial charge on any atom is -0.496 e. The Balaban J connectivity index is 1.65. The van der Waals surface area contributed by atoms with Gasteiger partial charge in [-0.2, -0.15) is 5.26 Å². The van der Waals surface area contributed by atoms with Crippen molar-refractivity contribution in [1.82, 2.24) is 10.6 Å². The van der Waals surface area contributed by atoms with Crippen LogP contribution < -0.4 is 15.4 Å². The van der Waals surface area contributed by atoms with Gasteiger partial charge in [0.2, 0.25) is 0 Å². The molecule has 1 aromatic rings. The van der Waals surface area contributed by atoms with E-state index < -0.39 is 0 Å². The van der Waals surface area contributed by atoms with E-state index >= 15 is 0 Å². The smallest absolute Gasteiger partial charge is 0.191 e. The number of hydrogen-bond donors (Lipinski definition) is 2. The first-order valence-electron chi connectivity index (χ1n) is 8.65. The highest BCUT2D eigenvalue weighted by molar-refractivity contribution is 5.81. The minimum absolute atomic E-state index is 0.0501. The summed E-state index contributed by atoms with van der Waals surface area (Å²) in [5, 5.41) is 16.2. The lowest BCUT2D eigenvalue weighted by atomic mass is 9.96. The molecule has 0 spiro atoms. The Morgan fingerprint density at radius 1 is 1.33 bits per heavy atom. The number of nitrogens with zero attached hydrogens (tertiary/aromatic N) is 2. The molecule has 2 aliphatic rings. The van der Waals surface area contributed by atoms with E-state index in [0.717, 1.165) is 37.4 Å². The highest BCUT2D eigenvalue weighted by atomic mass is 16.5. The molecule has 2 N–H and O–H groups in total. The first-order valence-corrected chi connectivity index (χ1v) is 8.65. The van der Waals surface area contributed by atoms with E-state index in [2.05, 4.69) is 40.8 Å². The van der Waals surface area contributed by atoms with Gasteiger partial charge in [0.1, 0.15) is 5.75 Å². The fraction of sp³-hybridized carbons (Fsp3) is 0.579. The lowest BCUT2D eigenvalue weighted by molar-refractivity contribution is 0.404. The van der Waals surface area contributed by atoms with Crippen molar-refractivity contribution in [2.45, 2.75) is 50.1 Å². The van der Waals surface area contributed by atoms with Crippen molar-refractivity contribution in [3.05, 3.63) is 29.8 Å². The number of methoxy groups -OCH3 is 1. The van der Waals surface area contributed by atoms with Crippen LogP contribution in [0.1, 0.15) is 38.2 Å². The average molecular weight is 326 g/mol. The van der Waals surface area contributed by atoms with E-state index in [0.29, 0.717) is 6.04 Å². The molecule has 0 saturated heterocycles. The molecule has 1 aromatic carbocycles. The normalized spacial score (nSPS) is 32.1. The van der Waals surface area contributed by atoms with Crippen molar-refractivity contribution >= 4 is 5.96 Å². The first-order chi connectivity index (χ1) is 11.6. The van der Waals surface area contributed by atoms with E-state index in [1.54, 1.807) is 14.2 Å². The fourth-order valence-electron chi connectivity index (χ4n) is 3.79. The van der Waals surface area contributed by atoms with E-state index in [1.807, 2.05) is 12.1 Å². The van der Waals surface area contributed by atoms with Crippen molar-refractivity contribution < 1.29 is 4.74 Å². The molecular weight excluding hydrogens is 300 g/mol. The van der Waals surface area contributed by atoms with Crippen molar-refractivity contribution in [2.75, 3.05) is 14.2 Å². The third-order valence-corrected chi connectivity index (χ3v) is 5.50. The zero-order valence-electron chi connectivity index (χ0n) is 14.7. The van der Waals surface area contributed by atoms with Crippen LogP contribution in [0.25, 0.3) is 0 Å². The summed E-state index contributed by atoms with van der Waals surface area (Å²) in [5.74, 6) is 1.82. The third-order valence-electron chi connectivity index (χ3n) is 5.50. The second kappa shape index (κ2) is 6.72. The zero-order chi connectivity index (χ0) is 17.2. The molecule has 0 radical (unpaired) electrons. The highest BCUT2D eigenvalue weighted by Crippen LogP contribution is 2.50. The van der Waals surface area contributed by atoms with E-state index in [4.69, 9.17) is 4.74 Å². The van der Waals surface area contributed by atoms with Gasteiger partial charge in [-0.05, 0) is 31.7 Å². The fourth-order valence-corrected chi connectivity index (χ4v) is 3.79. The van der Waals surface area contributed by atoms with Gasteiger partial charge < -0.3 is 15.4 Å². The van der Waals surface area contributed by atoms with Crippen LogP contribution in [0.5, 0.6) is 5.75 Å². The van der Waals surface area contributed by atoms with Crippen molar-refractivity contribution in [2.24, 2.45) is 10.9 Å². The molecule has 0 amide bonds. The summed E-state index contributed by atoms with van der Waals surface area (Å²) in [6.07, 6.45) is 4.16. The van der Waals surface area contributed by atoms with Gasteiger partial charge in [-0.15, -0.1) is 0 Å². The van der Waals surface area contributed by atoms with Gasteiger partial charge in [0.15, 0.2) is 5.96 Å². The van der Waals surface area contributed by atoms with Gasteiger partial charge in [-0.25, -0.2) is 0 Å². The number of nitrogens with one attached hydrogen (secondary N) is 2. The molecule has 5 heteroatoms. The maximum absolute atomic E-state index is 9.24. The molecule has 5 nitrogen and oxygen atoms in total. The monoisotopic (exact) mass is 326 g/mol. The molecule has 4 unspecified atom stereocenters. The number of para-hydroxylation sites is 1. The van der Waals surface area contributed by atoms with Crippen LogP contribution in [-0.2, 0) is 5.41 Å². The van der Waals surface area contributed by atoms with Crippen molar-refractivity contribution in [1.29, 1.82) is 5.26 Å². The van der Waals surface area contributed by atoms with Crippen LogP contribution in [0.15, 0.2) is 29.3 Å². The van der Waals surface area contributed by atoms with Gasteiger partial charge in [-0.1, -0.05) is 25.1 Å². The number of hydrogen-bond acceptors (Lipinski definition) is 3. The van der Waals surface area contributed by atoms with Crippen molar-refractivity contribution in [3.8, 4) is 11.8 Å². The topological polar surface area (TPSA) is 69.4 Å². The molecule has 0 aliphatic heterocycles. The Bertz CT molecular complexity index is 666. The quantitative estimate of drug-likeness (QED) is 0.659. The number of guanidine groups is 1. The van der Waals surface area contributed by atoms with Crippen LogP contribution >= 0.6 is 0 Å². The predicted octanol–water partition coefficient (Wildman–Crippen LogP) is 2.58. The minimum atomic E-state index is 0.0501. The maximum Gasteiger partial charge on any atom is 0.191 e. The summed E-state index contributed by atoms with van der Waals surface area (Å²) in [6.45, 7) is 2.25. The number of nitriles is 1. The van der Waals surface area contributed by atoms with E-state index in [1.165, 1.54) is 5.56 Å². The van der Waals surface area contributed by atoms with Crippen LogP contribution in [0.2, 0.25) is 0 Å². The molecular formula is C19H26N4O. The molecule has 3 rings (SSSR count). The van der Waals surface area contributed by atoms with Crippen LogP contribution in [0, 0.1) is 17.2 Å². The Morgan fingerprint density at radius 2 is 2.12 bits per heavy atom. The maximum atomic E-state index is 9.24. The molecule has 2 aliphatic carbocycles. The summed E-state index contributed by atoms with van der Waals surface area (Å²) in [5.41, 5.74) is 1.28. The largest absolute Gasteiger partial charge is 0.496 e. The molecule has 0 aromatic heterocycles. The average Bonchev–Trinajstić information content (AvgIpc) is 3.05. The Morgan fingerprint density at radius 3 is 2.83 bits per heavy atom. The van der Waals surface area contributed by atoms with Gasteiger partial charge in [0, 0.05) is 30.1 Å². The standard InChI is InChI=1S/C19H26N4O/c1-19(14-8-4-5-10-16(14)24-3)11-17(19)23-18(21-2)22-15-9-6-7-13(15)12-20/h4-5,8,10,13,15,17H,6-7,9,11H2,1-3H3,(H2,21,22,23). The molecule has 128 valence electrons. The zero-order valence-corrected chi connectivity index (χ0v) is 14.7. The third kappa shape index (κ3) is 3.06. The molecule has 0 bridgehead atoms. The van der Waals surface area contributed by atoms with Crippen LogP contribution in [0.4, 0.5) is 0 Å². The number of ether oxygens (including phenoxy) is 1. The predicted molar refractivity (Wildman–Crippen MR) is 95.1 cm³/mol. The first kappa shape index (κ1) is 16.6. The second-order valence-electron chi connectivity index (χ2n) is 7.01. The second-order valence-corrected chi connectivity index (χ2v) is 7.01. The highest BCUT2D eigenvalue weighted by Gasteiger charge is 2.53. The summed E-state index contributed by atoms with van der Waals surface area (Å²) in [6, 6.07) is 11.1. The molecule has 0 heterocycles. The van der Waals surface area contributed by atoms with Crippen molar-refractivity contribution in [3.63, 3.8) is 0 Å². The van der Waals surface area contributed by atoms with Gasteiger partial charge in [0.05, 0.1) is 19.1 Å². The molecule has 2 fully saturated rings. The Labute approximate surface area is 144 Å².